The molecule has 0 saturated carbocycles. The molecule has 3 heterocycles. The fourth-order valence-corrected chi connectivity index (χ4v) is 3.06. The largest absolute Gasteiger partial charge is 0.471 e. The lowest BCUT2D eigenvalue weighted by Gasteiger charge is -2.05. The predicted molar refractivity (Wildman–Crippen MR) is 111 cm³/mol. The molecule has 0 atom stereocenters. The average molecular weight is 405 g/mol. The number of amides is 1. The van der Waals surface area contributed by atoms with Crippen LogP contribution in [-0.2, 0) is 19.8 Å². The Balaban J connectivity index is 1.34. The molecule has 9 nitrogen and oxygen atoms in total. The first-order valence-corrected chi connectivity index (χ1v) is 9.68. The zero-order valence-electron chi connectivity index (χ0n) is 16.9. The molecule has 0 spiro atoms. The zero-order chi connectivity index (χ0) is 20.9. The van der Waals surface area contributed by atoms with Gasteiger partial charge in [0.2, 0.25) is 0 Å². The molecule has 1 N–H and O–H groups in total. The first-order chi connectivity index (χ1) is 14.6. The summed E-state index contributed by atoms with van der Waals surface area (Å²) in [6.45, 7) is 5.73. The van der Waals surface area contributed by atoms with E-state index in [1.165, 1.54) is 0 Å². The van der Waals surface area contributed by atoms with Crippen LogP contribution in [0.25, 0.3) is 0 Å². The number of aryl methyl sites for hydroxylation is 1. The van der Waals surface area contributed by atoms with E-state index in [0.717, 1.165) is 23.6 Å². The fourth-order valence-electron chi connectivity index (χ4n) is 3.06. The number of rotatable bonds is 8. The van der Waals surface area contributed by atoms with Crippen molar-refractivity contribution < 1.29 is 9.53 Å². The van der Waals surface area contributed by atoms with Gasteiger partial charge in [0.15, 0.2) is 12.4 Å². The van der Waals surface area contributed by atoms with Crippen molar-refractivity contribution in [3.05, 3.63) is 78.1 Å². The van der Waals surface area contributed by atoms with E-state index < -0.39 is 0 Å². The molecule has 0 unspecified atom stereocenters. The van der Waals surface area contributed by atoms with Crippen LogP contribution in [0.4, 0.5) is 5.69 Å². The highest BCUT2D eigenvalue weighted by Gasteiger charge is 2.12. The van der Waals surface area contributed by atoms with Gasteiger partial charge in [-0.15, -0.1) is 0 Å². The normalized spacial score (nSPS) is 10.9. The maximum atomic E-state index is 12.5. The number of hydrogen-bond acceptors (Lipinski definition) is 5. The molecule has 0 fully saturated rings. The lowest BCUT2D eigenvalue weighted by molar-refractivity contribution is 0.102. The summed E-state index contributed by atoms with van der Waals surface area (Å²) in [6.07, 6.45) is 6.96. The van der Waals surface area contributed by atoms with Crippen molar-refractivity contribution in [2.24, 2.45) is 0 Å². The molecule has 4 rings (SSSR count). The van der Waals surface area contributed by atoms with Crippen molar-refractivity contribution in [2.45, 2.75) is 33.7 Å². The Morgan fingerprint density at radius 1 is 1.10 bits per heavy atom. The van der Waals surface area contributed by atoms with Crippen molar-refractivity contribution in [3.8, 4) is 5.75 Å². The van der Waals surface area contributed by atoms with Gasteiger partial charge in [-0.05, 0) is 32.0 Å². The van der Waals surface area contributed by atoms with Gasteiger partial charge in [0, 0.05) is 30.2 Å². The van der Waals surface area contributed by atoms with Crippen LogP contribution in [0.3, 0.4) is 0 Å². The molecule has 30 heavy (non-hydrogen) atoms. The molecule has 9 heteroatoms. The van der Waals surface area contributed by atoms with Gasteiger partial charge >= 0.3 is 0 Å². The fraction of sp³-hybridized carbons (Fsp3) is 0.238. The van der Waals surface area contributed by atoms with Crippen molar-refractivity contribution in [1.82, 2.24) is 29.3 Å². The monoisotopic (exact) mass is 405 g/mol. The number of ether oxygens (including phenoxy) is 1. The van der Waals surface area contributed by atoms with Gasteiger partial charge in [0.25, 0.3) is 5.91 Å². The number of nitrogens with one attached hydrogen (secondary N) is 1. The zero-order valence-corrected chi connectivity index (χ0v) is 16.9. The van der Waals surface area contributed by atoms with Crippen LogP contribution in [0.2, 0.25) is 0 Å². The van der Waals surface area contributed by atoms with E-state index in [4.69, 9.17) is 4.74 Å². The van der Waals surface area contributed by atoms with Gasteiger partial charge in [-0.3, -0.25) is 14.2 Å². The first kappa shape index (κ1) is 19.4. The Kier molecular flexibility index (Phi) is 5.60. The second-order valence-corrected chi connectivity index (χ2v) is 6.78. The highest BCUT2D eigenvalue weighted by molar-refractivity contribution is 6.02. The van der Waals surface area contributed by atoms with Crippen LogP contribution in [0.1, 0.15) is 28.7 Å². The number of hydrogen-bond donors (Lipinski definition) is 1. The topological polar surface area (TPSA) is 91.8 Å². The Morgan fingerprint density at radius 3 is 2.70 bits per heavy atom. The molecule has 0 radical (unpaired) electrons. The van der Waals surface area contributed by atoms with Crippen molar-refractivity contribution >= 4 is 11.6 Å². The molecular formula is C21H23N7O2. The van der Waals surface area contributed by atoms with Crippen LogP contribution in [-0.4, -0.2) is 35.2 Å². The number of benzene rings is 1. The van der Waals surface area contributed by atoms with E-state index in [9.17, 15) is 4.79 Å². The Bertz CT molecular complexity index is 1130. The maximum absolute atomic E-state index is 12.5. The van der Waals surface area contributed by atoms with Crippen LogP contribution >= 0.6 is 0 Å². The summed E-state index contributed by atoms with van der Waals surface area (Å²) in [6, 6.07) is 11.1. The Morgan fingerprint density at radius 2 is 1.93 bits per heavy atom. The summed E-state index contributed by atoms with van der Waals surface area (Å²) < 4.78 is 10.9. The molecule has 1 aromatic carbocycles. The third-order valence-corrected chi connectivity index (χ3v) is 4.71. The lowest BCUT2D eigenvalue weighted by atomic mass is 10.2. The Hall–Kier alpha value is -3.88. The van der Waals surface area contributed by atoms with Crippen molar-refractivity contribution in [2.75, 3.05) is 5.32 Å². The Labute approximate surface area is 173 Å². The van der Waals surface area contributed by atoms with E-state index in [-0.39, 0.29) is 12.6 Å². The smallest absolute Gasteiger partial charge is 0.276 e. The van der Waals surface area contributed by atoms with E-state index >= 15 is 0 Å². The van der Waals surface area contributed by atoms with Crippen molar-refractivity contribution in [1.29, 1.82) is 0 Å². The predicted octanol–water partition coefficient (Wildman–Crippen LogP) is 2.94. The van der Waals surface area contributed by atoms with Gasteiger partial charge < -0.3 is 10.1 Å². The van der Waals surface area contributed by atoms with Gasteiger partial charge in [-0.1, -0.05) is 18.2 Å². The average Bonchev–Trinajstić information content (AvgIpc) is 3.49. The molecule has 154 valence electrons. The summed E-state index contributed by atoms with van der Waals surface area (Å²) in [7, 11) is 0. The summed E-state index contributed by atoms with van der Waals surface area (Å²) in [5.74, 6) is 0.439. The summed E-state index contributed by atoms with van der Waals surface area (Å²) >= 11 is 0. The van der Waals surface area contributed by atoms with E-state index in [0.29, 0.717) is 17.9 Å². The number of para-hydroxylation sites is 1. The van der Waals surface area contributed by atoms with Gasteiger partial charge in [0.1, 0.15) is 5.75 Å². The van der Waals surface area contributed by atoms with Gasteiger partial charge in [-0.25, -0.2) is 4.68 Å². The molecule has 0 aliphatic rings. The third kappa shape index (κ3) is 4.40. The summed E-state index contributed by atoms with van der Waals surface area (Å²) in [5.41, 5.74) is 3.12. The summed E-state index contributed by atoms with van der Waals surface area (Å²) in [5, 5.41) is 15.8. The minimum atomic E-state index is -0.303. The van der Waals surface area contributed by atoms with E-state index in [1.54, 1.807) is 34.0 Å². The van der Waals surface area contributed by atoms with E-state index in [1.807, 2.05) is 48.1 Å². The highest BCUT2D eigenvalue weighted by Crippen LogP contribution is 2.13. The maximum Gasteiger partial charge on any atom is 0.276 e. The van der Waals surface area contributed by atoms with E-state index in [2.05, 4.69) is 27.5 Å². The van der Waals surface area contributed by atoms with Crippen LogP contribution in [0.5, 0.6) is 5.75 Å². The quantitative estimate of drug-likeness (QED) is 0.487. The molecule has 1 amide bonds. The molecule has 3 aromatic heterocycles. The minimum absolute atomic E-state index is 0.222. The second kappa shape index (κ2) is 8.64. The van der Waals surface area contributed by atoms with Crippen LogP contribution in [0.15, 0.2) is 61.2 Å². The number of aromatic nitrogens is 6. The number of carbonyl (C=O) groups is 1. The molecule has 0 bridgehead atoms. The molecule has 0 aliphatic carbocycles. The molecular weight excluding hydrogens is 382 g/mol. The number of anilines is 1. The van der Waals surface area contributed by atoms with Gasteiger partial charge in [0.05, 0.1) is 24.6 Å². The van der Waals surface area contributed by atoms with Gasteiger partial charge in [-0.2, -0.15) is 15.3 Å². The van der Waals surface area contributed by atoms with Crippen LogP contribution < -0.4 is 10.1 Å². The summed E-state index contributed by atoms with van der Waals surface area (Å²) in [4.78, 5) is 12.5. The minimum Gasteiger partial charge on any atom is -0.471 e. The van der Waals surface area contributed by atoms with Crippen LogP contribution in [0, 0.1) is 6.92 Å². The molecule has 0 saturated heterocycles. The lowest BCUT2D eigenvalue weighted by Crippen LogP contribution is -2.14. The third-order valence-electron chi connectivity index (χ3n) is 4.71. The standard InChI is InChI=1S/C21H23N7O2/c1-3-28-16(2)17(11-23-28)13-27-14-18(12-22-27)24-21(29)20-9-10-26(25-20)15-30-19-7-5-4-6-8-19/h4-12,14H,3,13,15H2,1-2H3,(H,24,29). The number of carbonyl (C=O) groups excluding carboxylic acids is 1. The SMILES string of the molecule is CCn1ncc(Cn2cc(NC(=O)c3ccn(COc4ccccc4)n3)cn2)c1C. The number of nitrogens with zero attached hydrogens (tertiary/aromatic N) is 6. The molecule has 0 aliphatic heterocycles. The van der Waals surface area contributed by atoms with Crippen molar-refractivity contribution in [3.63, 3.8) is 0 Å². The second-order valence-electron chi connectivity index (χ2n) is 6.78. The molecule has 4 aromatic rings. The highest BCUT2D eigenvalue weighted by atomic mass is 16.5. The first-order valence-electron chi connectivity index (χ1n) is 9.68.